The Morgan fingerprint density at radius 2 is 2.00 bits per heavy atom. The van der Waals surface area contributed by atoms with E-state index >= 15 is 0 Å². The monoisotopic (exact) mass is 279 g/mol. The average Bonchev–Trinajstić information content (AvgIpc) is 2.43. The second kappa shape index (κ2) is 7.90. The molecule has 0 aliphatic carbocycles. The number of nitrogens with one attached hydrogen (secondary N) is 1. The van der Waals surface area contributed by atoms with Gasteiger partial charge in [0.05, 0.1) is 6.10 Å². The van der Waals surface area contributed by atoms with Gasteiger partial charge in [-0.25, -0.2) is 0 Å². The summed E-state index contributed by atoms with van der Waals surface area (Å²) < 4.78 is 5.53. The van der Waals surface area contributed by atoms with E-state index in [2.05, 4.69) is 5.32 Å². The highest BCUT2D eigenvalue weighted by Gasteiger charge is 2.12. The van der Waals surface area contributed by atoms with Crippen LogP contribution in [-0.2, 0) is 4.79 Å². The maximum absolute atomic E-state index is 11.8. The molecule has 0 aliphatic rings. The van der Waals surface area contributed by atoms with E-state index < -0.39 is 6.10 Å². The van der Waals surface area contributed by atoms with Crippen molar-refractivity contribution in [1.29, 1.82) is 0 Å². The SMILES string of the molecule is CCC(CC)NC(=O)COc1ccc(C)cc1C(C)O. The largest absolute Gasteiger partial charge is 0.483 e. The summed E-state index contributed by atoms with van der Waals surface area (Å²) in [7, 11) is 0. The third-order valence-electron chi connectivity index (χ3n) is 3.32. The second-order valence-electron chi connectivity index (χ2n) is 5.09. The van der Waals surface area contributed by atoms with E-state index in [1.165, 1.54) is 0 Å². The molecule has 112 valence electrons. The van der Waals surface area contributed by atoms with Gasteiger partial charge in [-0.3, -0.25) is 4.79 Å². The first-order valence-electron chi connectivity index (χ1n) is 7.18. The first kappa shape index (κ1) is 16.5. The number of hydrogen-bond donors (Lipinski definition) is 2. The smallest absolute Gasteiger partial charge is 0.258 e. The molecule has 4 nitrogen and oxygen atoms in total. The molecule has 0 spiro atoms. The molecule has 1 aromatic carbocycles. The lowest BCUT2D eigenvalue weighted by molar-refractivity contribution is -0.123. The normalized spacial score (nSPS) is 12.3. The van der Waals surface area contributed by atoms with Gasteiger partial charge in [0.2, 0.25) is 0 Å². The minimum absolute atomic E-state index is 0.0285. The third-order valence-corrected chi connectivity index (χ3v) is 3.32. The van der Waals surface area contributed by atoms with Gasteiger partial charge < -0.3 is 15.2 Å². The second-order valence-corrected chi connectivity index (χ2v) is 5.09. The fourth-order valence-electron chi connectivity index (χ4n) is 2.03. The quantitative estimate of drug-likeness (QED) is 0.807. The maximum atomic E-state index is 11.8. The van der Waals surface area contributed by atoms with Crippen molar-refractivity contribution in [2.24, 2.45) is 0 Å². The molecule has 1 unspecified atom stereocenters. The number of carbonyl (C=O) groups excluding carboxylic acids is 1. The minimum atomic E-state index is -0.619. The number of aliphatic hydroxyl groups is 1. The van der Waals surface area contributed by atoms with Gasteiger partial charge in [0.25, 0.3) is 5.91 Å². The van der Waals surface area contributed by atoms with Crippen LogP contribution in [0.15, 0.2) is 18.2 Å². The Morgan fingerprint density at radius 1 is 1.35 bits per heavy atom. The Bertz CT molecular complexity index is 439. The zero-order chi connectivity index (χ0) is 15.1. The molecule has 1 amide bonds. The number of hydrogen-bond acceptors (Lipinski definition) is 3. The van der Waals surface area contributed by atoms with E-state index in [1.54, 1.807) is 13.0 Å². The summed E-state index contributed by atoms with van der Waals surface area (Å²) in [6.45, 7) is 7.70. The fourth-order valence-corrected chi connectivity index (χ4v) is 2.03. The van der Waals surface area contributed by atoms with E-state index in [4.69, 9.17) is 4.74 Å². The van der Waals surface area contributed by atoms with Crippen LogP contribution in [-0.4, -0.2) is 23.7 Å². The Hall–Kier alpha value is -1.55. The average molecular weight is 279 g/mol. The third kappa shape index (κ3) is 4.85. The standard InChI is InChI=1S/C16H25NO3/c1-5-13(6-2)17-16(19)10-20-15-8-7-11(3)9-14(15)12(4)18/h7-9,12-13,18H,5-6,10H2,1-4H3,(H,17,19). The van der Waals surface area contributed by atoms with E-state index in [1.807, 2.05) is 32.9 Å². The lowest BCUT2D eigenvalue weighted by atomic mass is 10.1. The highest BCUT2D eigenvalue weighted by molar-refractivity contribution is 5.77. The molecule has 0 heterocycles. The van der Waals surface area contributed by atoms with Crippen LogP contribution in [0.2, 0.25) is 0 Å². The molecule has 2 N–H and O–H groups in total. The summed E-state index contributed by atoms with van der Waals surface area (Å²) in [5, 5.41) is 12.7. The van der Waals surface area contributed by atoms with Gasteiger partial charge in [-0.2, -0.15) is 0 Å². The first-order valence-corrected chi connectivity index (χ1v) is 7.18. The van der Waals surface area contributed by atoms with Crippen molar-refractivity contribution in [2.45, 2.75) is 52.7 Å². The van der Waals surface area contributed by atoms with Gasteiger partial charge in [-0.1, -0.05) is 25.5 Å². The van der Waals surface area contributed by atoms with Crippen LogP contribution in [0.1, 0.15) is 50.8 Å². The molecule has 0 bridgehead atoms. The highest BCUT2D eigenvalue weighted by Crippen LogP contribution is 2.26. The summed E-state index contributed by atoms with van der Waals surface area (Å²) >= 11 is 0. The highest BCUT2D eigenvalue weighted by atomic mass is 16.5. The number of benzene rings is 1. The molecule has 0 radical (unpaired) electrons. The number of amides is 1. The van der Waals surface area contributed by atoms with Gasteiger partial charge in [0.1, 0.15) is 5.75 Å². The van der Waals surface area contributed by atoms with E-state index in [0.717, 1.165) is 18.4 Å². The topological polar surface area (TPSA) is 58.6 Å². The Labute approximate surface area is 121 Å². The zero-order valence-electron chi connectivity index (χ0n) is 12.8. The van der Waals surface area contributed by atoms with Crippen molar-refractivity contribution < 1.29 is 14.6 Å². The Morgan fingerprint density at radius 3 is 2.55 bits per heavy atom. The molecule has 1 atom stereocenters. The lowest BCUT2D eigenvalue weighted by Crippen LogP contribution is -2.37. The zero-order valence-corrected chi connectivity index (χ0v) is 12.8. The molecular weight excluding hydrogens is 254 g/mol. The molecule has 0 saturated heterocycles. The van der Waals surface area contributed by atoms with Gasteiger partial charge >= 0.3 is 0 Å². The van der Waals surface area contributed by atoms with Crippen LogP contribution in [0.4, 0.5) is 0 Å². The van der Waals surface area contributed by atoms with Crippen LogP contribution in [0, 0.1) is 6.92 Å². The number of aryl methyl sites for hydroxylation is 1. The molecule has 0 aromatic heterocycles. The first-order chi connectivity index (χ1) is 9.47. The van der Waals surface area contributed by atoms with Gasteiger partial charge in [0.15, 0.2) is 6.61 Å². The summed E-state index contributed by atoms with van der Waals surface area (Å²) in [6.07, 6.45) is 1.20. The van der Waals surface area contributed by atoms with Gasteiger partial charge in [-0.15, -0.1) is 0 Å². The molecule has 0 fully saturated rings. The van der Waals surface area contributed by atoms with Crippen LogP contribution in [0.5, 0.6) is 5.75 Å². The number of rotatable bonds is 7. The van der Waals surface area contributed by atoms with Crippen molar-refractivity contribution >= 4 is 5.91 Å². The summed E-state index contributed by atoms with van der Waals surface area (Å²) in [6, 6.07) is 5.76. The summed E-state index contributed by atoms with van der Waals surface area (Å²) in [5.74, 6) is 0.432. The fraction of sp³-hybridized carbons (Fsp3) is 0.562. The Kier molecular flexibility index (Phi) is 6.52. The molecule has 0 saturated carbocycles. The van der Waals surface area contributed by atoms with Crippen LogP contribution in [0.3, 0.4) is 0 Å². The van der Waals surface area contributed by atoms with E-state index in [0.29, 0.717) is 11.3 Å². The molecule has 1 rings (SSSR count). The van der Waals surface area contributed by atoms with E-state index in [9.17, 15) is 9.90 Å². The van der Waals surface area contributed by atoms with Gasteiger partial charge in [-0.05, 0) is 38.8 Å². The number of carbonyl (C=O) groups is 1. The van der Waals surface area contributed by atoms with Crippen molar-refractivity contribution in [3.63, 3.8) is 0 Å². The minimum Gasteiger partial charge on any atom is -0.483 e. The predicted octanol–water partition coefficient (Wildman–Crippen LogP) is 2.73. The molecule has 4 heteroatoms. The van der Waals surface area contributed by atoms with Crippen molar-refractivity contribution in [3.05, 3.63) is 29.3 Å². The number of ether oxygens (including phenoxy) is 1. The Balaban J connectivity index is 2.63. The van der Waals surface area contributed by atoms with E-state index in [-0.39, 0.29) is 18.6 Å². The lowest BCUT2D eigenvalue weighted by Gasteiger charge is -2.17. The predicted molar refractivity (Wildman–Crippen MR) is 79.8 cm³/mol. The van der Waals surface area contributed by atoms with Crippen molar-refractivity contribution in [2.75, 3.05) is 6.61 Å². The molecular formula is C16H25NO3. The number of aliphatic hydroxyl groups excluding tert-OH is 1. The molecule has 1 aromatic rings. The summed E-state index contributed by atoms with van der Waals surface area (Å²) in [4.78, 5) is 11.8. The molecule has 0 aliphatic heterocycles. The maximum Gasteiger partial charge on any atom is 0.258 e. The van der Waals surface area contributed by atoms with Crippen molar-refractivity contribution in [1.82, 2.24) is 5.32 Å². The molecule has 20 heavy (non-hydrogen) atoms. The van der Waals surface area contributed by atoms with Crippen LogP contribution < -0.4 is 10.1 Å². The van der Waals surface area contributed by atoms with Crippen LogP contribution in [0.25, 0.3) is 0 Å². The van der Waals surface area contributed by atoms with Crippen molar-refractivity contribution in [3.8, 4) is 5.75 Å². The van der Waals surface area contributed by atoms with Gasteiger partial charge in [0, 0.05) is 11.6 Å². The summed E-state index contributed by atoms with van der Waals surface area (Å²) in [5.41, 5.74) is 1.76. The van der Waals surface area contributed by atoms with Crippen LogP contribution >= 0.6 is 0 Å².